The van der Waals surface area contributed by atoms with Gasteiger partial charge in [-0.05, 0) is 31.6 Å². The zero-order valence-electron chi connectivity index (χ0n) is 13.2. The summed E-state index contributed by atoms with van der Waals surface area (Å²) in [6.07, 6.45) is 7.88. The van der Waals surface area contributed by atoms with Crippen molar-refractivity contribution in [2.75, 3.05) is 19.4 Å². The first-order valence-corrected chi connectivity index (χ1v) is 9.14. The van der Waals surface area contributed by atoms with Crippen LogP contribution in [-0.2, 0) is 14.3 Å². The molecule has 2 rings (SSSR count). The molecule has 1 saturated heterocycles. The minimum absolute atomic E-state index is 0.133. The molecule has 3 unspecified atom stereocenters. The second-order valence-electron chi connectivity index (χ2n) is 6.24. The maximum atomic E-state index is 12.5. The number of ether oxygens (including phenoxy) is 1. The summed E-state index contributed by atoms with van der Waals surface area (Å²) in [5, 5.41) is 0.133. The molecular formula is C16H27NO3S. The van der Waals surface area contributed by atoms with Crippen LogP contribution in [0.15, 0.2) is 0 Å². The van der Waals surface area contributed by atoms with E-state index in [1.807, 2.05) is 6.92 Å². The standard InChI is InChI=1S/C16H27NO3S/c1-12(10-16(19)20-2)21-11-15(18)17-9-5-7-13-6-3-4-8-14(13)17/h12-14H,3-11H2,1-2H3. The third kappa shape index (κ3) is 4.63. The van der Waals surface area contributed by atoms with Gasteiger partial charge in [-0.15, -0.1) is 11.8 Å². The molecule has 0 aromatic carbocycles. The van der Waals surface area contributed by atoms with Gasteiger partial charge in [0.2, 0.25) is 5.91 Å². The highest BCUT2D eigenvalue weighted by Gasteiger charge is 2.35. The fourth-order valence-corrected chi connectivity index (χ4v) is 4.45. The third-order valence-corrected chi connectivity index (χ3v) is 5.89. The predicted molar refractivity (Wildman–Crippen MR) is 85.2 cm³/mol. The van der Waals surface area contributed by atoms with Crippen LogP contribution in [0, 0.1) is 5.92 Å². The number of thioether (sulfide) groups is 1. The summed E-state index contributed by atoms with van der Waals surface area (Å²) in [6.45, 7) is 2.90. The number of hydrogen-bond acceptors (Lipinski definition) is 4. The highest BCUT2D eigenvalue weighted by atomic mass is 32.2. The van der Waals surface area contributed by atoms with Crippen molar-refractivity contribution in [2.45, 2.75) is 63.2 Å². The molecule has 1 heterocycles. The average molecular weight is 313 g/mol. The van der Waals surface area contributed by atoms with E-state index in [9.17, 15) is 9.59 Å². The summed E-state index contributed by atoms with van der Waals surface area (Å²) >= 11 is 1.57. The van der Waals surface area contributed by atoms with Gasteiger partial charge in [-0.3, -0.25) is 9.59 Å². The Morgan fingerprint density at radius 2 is 1.95 bits per heavy atom. The lowest BCUT2D eigenvalue weighted by Crippen LogP contribution is -2.50. The number of fused-ring (bicyclic) bond motifs is 1. The highest BCUT2D eigenvalue weighted by Crippen LogP contribution is 2.35. The van der Waals surface area contributed by atoms with Gasteiger partial charge in [0.25, 0.3) is 0 Å². The van der Waals surface area contributed by atoms with Gasteiger partial charge in [0, 0.05) is 17.8 Å². The van der Waals surface area contributed by atoms with E-state index < -0.39 is 0 Å². The van der Waals surface area contributed by atoms with Crippen LogP contribution in [0.5, 0.6) is 0 Å². The summed E-state index contributed by atoms with van der Waals surface area (Å²) < 4.78 is 4.67. The van der Waals surface area contributed by atoms with Crippen molar-refractivity contribution in [1.29, 1.82) is 0 Å². The fourth-order valence-electron chi connectivity index (χ4n) is 3.61. The maximum absolute atomic E-state index is 12.5. The quantitative estimate of drug-likeness (QED) is 0.732. The first-order chi connectivity index (χ1) is 10.1. The lowest BCUT2D eigenvalue weighted by molar-refractivity contribution is -0.140. The molecule has 0 aromatic rings. The molecule has 2 aliphatic rings. The van der Waals surface area contributed by atoms with Crippen LogP contribution >= 0.6 is 11.8 Å². The number of hydrogen-bond donors (Lipinski definition) is 0. The number of piperidine rings is 1. The van der Waals surface area contributed by atoms with Gasteiger partial charge in [0.15, 0.2) is 0 Å². The molecule has 1 aliphatic heterocycles. The Kier molecular flexibility index (Phi) is 6.40. The van der Waals surface area contributed by atoms with Crippen molar-refractivity contribution in [3.8, 4) is 0 Å². The number of amides is 1. The van der Waals surface area contributed by atoms with Crippen LogP contribution in [-0.4, -0.2) is 47.5 Å². The average Bonchev–Trinajstić information content (AvgIpc) is 2.51. The number of carbonyl (C=O) groups is 2. The molecule has 1 amide bonds. The third-order valence-electron chi connectivity index (χ3n) is 4.74. The van der Waals surface area contributed by atoms with E-state index in [2.05, 4.69) is 9.64 Å². The molecule has 0 aromatic heterocycles. The Hall–Kier alpha value is -0.710. The number of likely N-dealkylation sites (tertiary alicyclic amines) is 1. The fraction of sp³-hybridized carbons (Fsp3) is 0.875. The molecule has 21 heavy (non-hydrogen) atoms. The Morgan fingerprint density at radius 3 is 2.71 bits per heavy atom. The van der Waals surface area contributed by atoms with E-state index >= 15 is 0 Å². The molecule has 0 N–H and O–H groups in total. The summed E-state index contributed by atoms with van der Waals surface area (Å²) in [6, 6.07) is 0.483. The van der Waals surface area contributed by atoms with Crippen LogP contribution in [0.3, 0.4) is 0 Å². The summed E-state index contributed by atoms with van der Waals surface area (Å²) in [5.41, 5.74) is 0. The molecular weight excluding hydrogens is 286 g/mol. The molecule has 2 fully saturated rings. The van der Waals surface area contributed by atoms with Crippen LogP contribution in [0.25, 0.3) is 0 Å². The number of methoxy groups -OCH3 is 1. The highest BCUT2D eigenvalue weighted by molar-refractivity contribution is 8.00. The minimum Gasteiger partial charge on any atom is -0.469 e. The van der Waals surface area contributed by atoms with Crippen LogP contribution in [0.1, 0.15) is 51.9 Å². The topological polar surface area (TPSA) is 46.6 Å². The second kappa shape index (κ2) is 8.06. The Balaban J connectivity index is 1.80. The molecule has 3 atom stereocenters. The molecule has 4 nitrogen and oxygen atoms in total. The van der Waals surface area contributed by atoms with Gasteiger partial charge in [-0.1, -0.05) is 19.8 Å². The van der Waals surface area contributed by atoms with E-state index in [-0.39, 0.29) is 17.1 Å². The summed E-state index contributed by atoms with van der Waals surface area (Å²) in [5.74, 6) is 1.27. The molecule has 1 saturated carbocycles. The van der Waals surface area contributed by atoms with Crippen molar-refractivity contribution in [1.82, 2.24) is 4.90 Å². The summed E-state index contributed by atoms with van der Waals surface area (Å²) in [7, 11) is 1.40. The molecule has 0 spiro atoms. The van der Waals surface area contributed by atoms with E-state index in [0.29, 0.717) is 18.2 Å². The van der Waals surface area contributed by atoms with Crippen molar-refractivity contribution >= 4 is 23.6 Å². The molecule has 1 aliphatic carbocycles. The van der Waals surface area contributed by atoms with Gasteiger partial charge < -0.3 is 9.64 Å². The lowest BCUT2D eigenvalue weighted by atomic mass is 9.78. The Bertz CT molecular complexity index is 373. The van der Waals surface area contributed by atoms with Crippen molar-refractivity contribution in [3.05, 3.63) is 0 Å². The van der Waals surface area contributed by atoms with Crippen molar-refractivity contribution in [2.24, 2.45) is 5.92 Å². The number of esters is 1. The first kappa shape index (κ1) is 16.7. The zero-order chi connectivity index (χ0) is 15.2. The zero-order valence-corrected chi connectivity index (χ0v) is 14.0. The van der Waals surface area contributed by atoms with Crippen molar-refractivity contribution in [3.63, 3.8) is 0 Å². The van der Waals surface area contributed by atoms with Gasteiger partial charge in [-0.2, -0.15) is 0 Å². The van der Waals surface area contributed by atoms with Crippen LogP contribution in [0.2, 0.25) is 0 Å². The van der Waals surface area contributed by atoms with E-state index in [1.165, 1.54) is 39.2 Å². The molecule has 0 bridgehead atoms. The first-order valence-electron chi connectivity index (χ1n) is 8.09. The number of nitrogens with zero attached hydrogens (tertiary/aromatic N) is 1. The van der Waals surface area contributed by atoms with Gasteiger partial charge >= 0.3 is 5.97 Å². The van der Waals surface area contributed by atoms with Gasteiger partial charge in [0.05, 0.1) is 19.3 Å². The van der Waals surface area contributed by atoms with Crippen LogP contribution in [0.4, 0.5) is 0 Å². The maximum Gasteiger partial charge on any atom is 0.306 e. The predicted octanol–water partition coefficient (Wildman–Crippen LogP) is 2.85. The van der Waals surface area contributed by atoms with E-state index in [1.54, 1.807) is 11.8 Å². The number of carbonyl (C=O) groups excluding carboxylic acids is 2. The van der Waals surface area contributed by atoms with Crippen LogP contribution < -0.4 is 0 Å². The smallest absolute Gasteiger partial charge is 0.306 e. The molecule has 0 radical (unpaired) electrons. The van der Waals surface area contributed by atoms with Gasteiger partial charge in [-0.25, -0.2) is 0 Å². The Morgan fingerprint density at radius 1 is 1.24 bits per heavy atom. The van der Waals surface area contributed by atoms with Gasteiger partial charge in [0.1, 0.15) is 0 Å². The second-order valence-corrected chi connectivity index (χ2v) is 7.67. The summed E-state index contributed by atoms with van der Waals surface area (Å²) in [4.78, 5) is 25.9. The SMILES string of the molecule is COC(=O)CC(C)SCC(=O)N1CCCC2CCCCC21. The molecule has 5 heteroatoms. The van der Waals surface area contributed by atoms with E-state index in [4.69, 9.17) is 0 Å². The number of rotatable bonds is 5. The molecule has 120 valence electrons. The largest absolute Gasteiger partial charge is 0.469 e. The Labute approximate surface area is 132 Å². The minimum atomic E-state index is -0.201. The van der Waals surface area contributed by atoms with E-state index in [0.717, 1.165) is 18.9 Å². The lowest BCUT2D eigenvalue weighted by Gasteiger charge is -2.44. The normalized spacial score (nSPS) is 26.9. The monoisotopic (exact) mass is 313 g/mol. The van der Waals surface area contributed by atoms with Crippen molar-refractivity contribution < 1.29 is 14.3 Å².